The van der Waals surface area contributed by atoms with Gasteiger partial charge in [-0.15, -0.1) is 0 Å². The minimum absolute atomic E-state index is 0. The van der Waals surface area contributed by atoms with Crippen molar-refractivity contribution in [3.05, 3.63) is 0 Å². The summed E-state index contributed by atoms with van der Waals surface area (Å²) in [6.07, 6.45) is 23.0. The van der Waals surface area contributed by atoms with Crippen LogP contribution in [0.5, 0.6) is 0 Å². The fraction of sp³-hybridized carbons (Fsp3) is 0.933. The Morgan fingerprint density at radius 1 is 0.486 bits per heavy atom. The minimum Gasteiger partial charge on any atom is -0.462 e. The highest BCUT2D eigenvalue weighted by atomic mass is 16.7. The summed E-state index contributed by atoms with van der Waals surface area (Å²) >= 11 is 0. The first kappa shape index (κ1) is 54.1. The first-order chi connectivity index (χ1) is 31.8. The van der Waals surface area contributed by atoms with E-state index in [2.05, 4.69) is 0 Å². The van der Waals surface area contributed by atoms with Gasteiger partial charge >= 0.3 is 23.9 Å². The molecule has 398 valence electrons. The lowest BCUT2D eigenvalue weighted by atomic mass is 9.55. The van der Waals surface area contributed by atoms with Crippen LogP contribution in [0.25, 0.3) is 0 Å². The van der Waals surface area contributed by atoms with Crippen LogP contribution < -0.4 is 0 Å². The molecule has 14 aliphatic rings. The molecule has 20 atom stereocenters. The van der Waals surface area contributed by atoms with Crippen molar-refractivity contribution >= 4 is 23.9 Å². The van der Waals surface area contributed by atoms with Crippen molar-refractivity contribution in [1.82, 2.24) is 0 Å². The van der Waals surface area contributed by atoms with Crippen LogP contribution in [0.3, 0.4) is 0 Å². The molecule has 0 aromatic heterocycles. The number of fused-ring (bicyclic) bond motifs is 20. The summed E-state index contributed by atoms with van der Waals surface area (Å²) in [5.41, 5.74) is -0.416. The van der Waals surface area contributed by atoms with Gasteiger partial charge in [-0.1, -0.05) is 50.5 Å². The predicted molar refractivity (Wildman–Crippen MR) is 270 cm³/mol. The Bertz CT molecular complexity index is 1850. The van der Waals surface area contributed by atoms with Crippen LogP contribution >= 0.6 is 0 Å². The van der Waals surface area contributed by atoms with Gasteiger partial charge in [0, 0.05) is 0 Å². The highest BCUT2D eigenvalue weighted by molar-refractivity contribution is 5.76. The second kappa shape index (κ2) is 20.8. The Labute approximate surface area is 424 Å². The van der Waals surface area contributed by atoms with Gasteiger partial charge in [0.25, 0.3) is 0 Å². The van der Waals surface area contributed by atoms with Crippen LogP contribution in [0.4, 0.5) is 0 Å². The highest BCUT2D eigenvalue weighted by Crippen LogP contribution is 2.71. The largest absolute Gasteiger partial charge is 0.462 e. The van der Waals surface area contributed by atoms with Crippen LogP contribution in [-0.4, -0.2) is 61.9 Å². The van der Waals surface area contributed by atoms with Crippen LogP contribution in [0, 0.1) is 130 Å². The zero-order valence-electron chi connectivity index (χ0n) is 40.9. The van der Waals surface area contributed by atoms with Crippen molar-refractivity contribution in [2.24, 2.45) is 130 Å². The van der Waals surface area contributed by atoms with Crippen molar-refractivity contribution in [2.45, 2.75) is 211 Å². The van der Waals surface area contributed by atoms with E-state index in [1.807, 2.05) is 34.6 Å². The molecule has 20 unspecified atom stereocenters. The lowest BCUT2D eigenvalue weighted by Gasteiger charge is -2.53. The van der Waals surface area contributed by atoms with Gasteiger partial charge in [-0.05, 0) is 242 Å². The summed E-state index contributed by atoms with van der Waals surface area (Å²) in [6.45, 7) is 10.3. The third-order valence-corrected chi connectivity index (χ3v) is 22.9. The predicted octanol–water partition coefficient (Wildman–Crippen LogP) is 12.7. The highest BCUT2D eigenvalue weighted by Gasteiger charge is 2.68. The Morgan fingerprint density at radius 2 is 0.971 bits per heavy atom. The summed E-state index contributed by atoms with van der Waals surface area (Å²) in [4.78, 5) is 51.4. The summed E-state index contributed by atoms with van der Waals surface area (Å²) in [7, 11) is 0. The van der Waals surface area contributed by atoms with Crippen LogP contribution in [0.1, 0.15) is 186 Å². The molecule has 14 rings (SSSR count). The number of hydrogen-bond acceptors (Lipinski definition) is 10. The smallest absolute Gasteiger partial charge is 0.311 e. The Balaban J connectivity index is 0.000000178. The molecule has 14 fully saturated rings. The van der Waals surface area contributed by atoms with E-state index in [1.54, 1.807) is 0 Å². The van der Waals surface area contributed by atoms with Crippen molar-refractivity contribution < 1.29 is 47.6 Å². The third-order valence-electron chi connectivity index (χ3n) is 22.9. The van der Waals surface area contributed by atoms with Crippen LogP contribution in [-0.2, 0) is 47.6 Å². The SMILES string of the molecule is C.C.C.C.CCC(C)(C)C(=O)OC1CC2CC1C1C3CC(CC3C(=O)OCOC3CC4CCC3C4)C21.CCC(C)C(=O)OC1CC2CC1C1C3CC(CC3C(=O)OCOC3C4CC5CC(C4)CC3C5)C21. The molecule has 0 radical (unpaired) electrons. The van der Waals surface area contributed by atoms with E-state index >= 15 is 0 Å². The number of carbonyl (C=O) groups excluding carboxylic acids is 4. The average molecular weight is 979 g/mol. The molecule has 0 amide bonds. The minimum atomic E-state index is -0.416. The number of ether oxygens (including phenoxy) is 6. The molecule has 0 aromatic carbocycles. The molecule has 0 aliphatic heterocycles. The van der Waals surface area contributed by atoms with Gasteiger partial charge < -0.3 is 28.4 Å². The summed E-state index contributed by atoms with van der Waals surface area (Å²) < 4.78 is 35.8. The summed E-state index contributed by atoms with van der Waals surface area (Å²) in [5, 5.41) is 0. The molecule has 0 spiro atoms. The first-order valence-corrected chi connectivity index (χ1v) is 27.8. The van der Waals surface area contributed by atoms with E-state index in [9.17, 15) is 19.2 Å². The second-order valence-corrected chi connectivity index (χ2v) is 26.2. The summed E-state index contributed by atoms with van der Waals surface area (Å²) in [5.74, 6) is 11.7. The van der Waals surface area contributed by atoms with Crippen LogP contribution in [0.2, 0.25) is 0 Å². The van der Waals surface area contributed by atoms with E-state index in [1.165, 1.54) is 70.6 Å². The van der Waals surface area contributed by atoms with Crippen molar-refractivity contribution in [2.75, 3.05) is 13.6 Å². The number of esters is 4. The first-order valence-electron chi connectivity index (χ1n) is 27.8. The van der Waals surface area contributed by atoms with Crippen molar-refractivity contribution in [3.63, 3.8) is 0 Å². The Hall–Kier alpha value is -2.20. The molecule has 0 N–H and O–H groups in total. The van der Waals surface area contributed by atoms with Gasteiger partial charge in [-0.25, -0.2) is 0 Å². The van der Waals surface area contributed by atoms with Crippen molar-refractivity contribution in [3.8, 4) is 0 Å². The number of rotatable bonds is 14. The van der Waals surface area contributed by atoms with Gasteiger partial charge in [0.2, 0.25) is 0 Å². The number of hydrogen-bond donors (Lipinski definition) is 0. The Morgan fingerprint density at radius 3 is 1.46 bits per heavy atom. The number of carbonyl (C=O) groups is 4. The summed E-state index contributed by atoms with van der Waals surface area (Å²) in [6, 6.07) is 0. The monoisotopic (exact) mass is 979 g/mol. The third kappa shape index (κ3) is 9.15. The Kier molecular flexibility index (Phi) is 16.1. The standard InChI is InChI=1S/C29H42O5.C27H40O5.4CH4/c1-3-14(2)28(30)34-24-12-18-11-23(24)26-21-9-17(25(18)26)10-22(21)29(31)33-13-32-27-19-5-15-4-16(7-19)8-20(27)6-15;1-4-27(2,3)26(29)32-22-12-17-11-20(22)24-18-9-16(23(17)24)10-19(18)25(28)31-13-30-21-8-14-5-6-15(21)7-14;;;;/h14-27H,3-13H2,1-2H3;14-24H,4-13H2,1-3H3;4*1H4. The van der Waals surface area contributed by atoms with Gasteiger partial charge in [0.1, 0.15) is 12.2 Å². The zero-order valence-corrected chi connectivity index (χ0v) is 40.9. The van der Waals surface area contributed by atoms with E-state index in [0.717, 1.165) is 81.0 Å². The van der Waals surface area contributed by atoms with Gasteiger partial charge in [-0.2, -0.15) is 0 Å². The molecule has 0 aromatic rings. The van der Waals surface area contributed by atoms with Gasteiger partial charge in [0.05, 0.1) is 35.4 Å². The average Bonchev–Trinajstić information content (AvgIpc) is 4.15. The second-order valence-electron chi connectivity index (χ2n) is 26.2. The molecule has 10 nitrogen and oxygen atoms in total. The molecule has 0 heterocycles. The van der Waals surface area contributed by atoms with E-state index in [-0.39, 0.29) is 97.1 Å². The maximum absolute atomic E-state index is 13.2. The molecule has 10 heteroatoms. The lowest BCUT2D eigenvalue weighted by molar-refractivity contribution is -0.192. The fourth-order valence-corrected chi connectivity index (χ4v) is 19.9. The van der Waals surface area contributed by atoms with Crippen molar-refractivity contribution in [1.29, 1.82) is 0 Å². The molecular weight excluding hydrogens is 881 g/mol. The van der Waals surface area contributed by atoms with E-state index in [0.29, 0.717) is 89.1 Å². The maximum atomic E-state index is 13.2. The molecule has 14 saturated carbocycles. The van der Waals surface area contributed by atoms with Crippen LogP contribution in [0.15, 0.2) is 0 Å². The molecule has 14 bridgehead atoms. The van der Waals surface area contributed by atoms with Gasteiger partial charge in [-0.3, -0.25) is 19.2 Å². The molecule has 0 saturated heterocycles. The fourth-order valence-electron chi connectivity index (χ4n) is 19.9. The molecular formula is C60H98O10. The van der Waals surface area contributed by atoms with E-state index < -0.39 is 5.41 Å². The molecule has 70 heavy (non-hydrogen) atoms. The maximum Gasteiger partial charge on any atom is 0.311 e. The topological polar surface area (TPSA) is 124 Å². The normalized spacial score (nSPS) is 47.2. The zero-order chi connectivity index (χ0) is 45.3. The van der Waals surface area contributed by atoms with E-state index in [4.69, 9.17) is 28.4 Å². The molecule has 14 aliphatic carbocycles. The lowest BCUT2D eigenvalue weighted by Crippen LogP contribution is -2.49. The quantitative estimate of drug-likeness (QED) is 0.0719. The van der Waals surface area contributed by atoms with Gasteiger partial charge in [0.15, 0.2) is 13.6 Å².